The van der Waals surface area contributed by atoms with E-state index in [9.17, 15) is 4.79 Å². The molecule has 1 aromatic heterocycles. The van der Waals surface area contributed by atoms with E-state index in [2.05, 4.69) is 13.8 Å². The van der Waals surface area contributed by atoms with Crippen molar-refractivity contribution in [2.75, 3.05) is 0 Å². The molecule has 0 aliphatic carbocycles. The molecule has 1 aromatic rings. The Labute approximate surface area is 109 Å². The summed E-state index contributed by atoms with van der Waals surface area (Å²) in [5.41, 5.74) is 1.04. The molecule has 1 N–H and O–H groups in total. The van der Waals surface area contributed by atoms with Gasteiger partial charge in [-0.1, -0.05) is 40.0 Å². The van der Waals surface area contributed by atoms with Gasteiger partial charge in [-0.05, 0) is 24.0 Å². The summed E-state index contributed by atoms with van der Waals surface area (Å²) in [5, 5.41) is 8.83. The molecular formula is C15H24O3. The summed E-state index contributed by atoms with van der Waals surface area (Å²) >= 11 is 0. The van der Waals surface area contributed by atoms with Gasteiger partial charge in [-0.2, -0.15) is 0 Å². The number of carboxylic acid groups (broad SMARTS) is 1. The molecule has 0 unspecified atom stereocenters. The molecule has 102 valence electrons. The summed E-state index contributed by atoms with van der Waals surface area (Å²) in [6.45, 7) is 6.45. The van der Waals surface area contributed by atoms with Crippen LogP contribution < -0.4 is 0 Å². The maximum Gasteiger partial charge on any atom is 0.311 e. The fraction of sp³-hybridized carbons (Fsp3) is 0.667. The van der Waals surface area contributed by atoms with Crippen LogP contribution in [-0.4, -0.2) is 11.1 Å². The third-order valence-electron chi connectivity index (χ3n) is 3.24. The summed E-state index contributed by atoms with van der Waals surface area (Å²) < 4.78 is 5.69. The van der Waals surface area contributed by atoms with Crippen molar-refractivity contribution in [3.05, 3.63) is 23.2 Å². The summed E-state index contributed by atoms with van der Waals surface area (Å²) in [6, 6.07) is 2.03. The molecule has 0 aromatic carbocycles. The minimum Gasteiger partial charge on any atom is -0.481 e. The minimum absolute atomic E-state index is 0.00743. The molecular weight excluding hydrogens is 228 g/mol. The second-order valence-electron chi connectivity index (χ2n) is 5.04. The highest BCUT2D eigenvalue weighted by Crippen LogP contribution is 2.21. The monoisotopic (exact) mass is 252 g/mol. The molecule has 1 atom stereocenters. The van der Waals surface area contributed by atoms with Crippen LogP contribution in [0.25, 0.3) is 0 Å². The van der Waals surface area contributed by atoms with E-state index < -0.39 is 5.97 Å². The molecule has 0 aliphatic rings. The van der Waals surface area contributed by atoms with E-state index in [1.807, 2.05) is 13.0 Å². The minimum atomic E-state index is -0.829. The van der Waals surface area contributed by atoms with Crippen LogP contribution in [0.1, 0.15) is 57.1 Å². The molecule has 0 aliphatic heterocycles. The van der Waals surface area contributed by atoms with Gasteiger partial charge in [0.05, 0.1) is 0 Å². The highest BCUT2D eigenvalue weighted by molar-refractivity contribution is 5.69. The van der Waals surface area contributed by atoms with E-state index in [4.69, 9.17) is 9.52 Å². The largest absolute Gasteiger partial charge is 0.481 e. The quantitative estimate of drug-likeness (QED) is 0.764. The molecule has 0 saturated carbocycles. The average molecular weight is 252 g/mol. The maximum absolute atomic E-state index is 10.7. The first-order chi connectivity index (χ1) is 8.56. The molecule has 0 spiro atoms. The zero-order valence-corrected chi connectivity index (χ0v) is 11.7. The van der Waals surface area contributed by atoms with Gasteiger partial charge < -0.3 is 9.52 Å². The van der Waals surface area contributed by atoms with Gasteiger partial charge in [-0.15, -0.1) is 0 Å². The predicted molar refractivity (Wildman–Crippen MR) is 71.8 cm³/mol. The zero-order chi connectivity index (χ0) is 13.5. The van der Waals surface area contributed by atoms with Crippen molar-refractivity contribution >= 4 is 5.97 Å². The Bertz CT molecular complexity index is 379. The molecule has 18 heavy (non-hydrogen) atoms. The number of aliphatic carboxylic acids is 1. The lowest BCUT2D eigenvalue weighted by Gasteiger charge is -2.07. The number of hydrogen-bond donors (Lipinski definition) is 1. The number of unbranched alkanes of at least 4 members (excludes halogenated alkanes) is 1. The number of carbonyl (C=O) groups is 1. The summed E-state index contributed by atoms with van der Waals surface area (Å²) in [6.07, 6.45) is 5.39. The lowest BCUT2D eigenvalue weighted by atomic mass is 9.99. The number of aryl methyl sites for hydroxylation is 1. The highest BCUT2D eigenvalue weighted by atomic mass is 16.4. The molecule has 1 rings (SSSR count). The summed E-state index contributed by atoms with van der Waals surface area (Å²) in [5.74, 6) is 1.33. The molecule has 0 bridgehead atoms. The fourth-order valence-electron chi connectivity index (χ4n) is 2.21. The Balaban J connectivity index is 2.66. The van der Waals surface area contributed by atoms with E-state index in [1.165, 1.54) is 19.3 Å². The number of rotatable bonds is 8. The van der Waals surface area contributed by atoms with Gasteiger partial charge >= 0.3 is 5.97 Å². The van der Waals surface area contributed by atoms with E-state index in [-0.39, 0.29) is 6.42 Å². The third-order valence-corrected chi connectivity index (χ3v) is 3.24. The van der Waals surface area contributed by atoms with Crippen LogP contribution in [0.2, 0.25) is 0 Å². The second-order valence-corrected chi connectivity index (χ2v) is 5.04. The van der Waals surface area contributed by atoms with Crippen molar-refractivity contribution in [3.63, 3.8) is 0 Å². The smallest absolute Gasteiger partial charge is 0.311 e. The van der Waals surface area contributed by atoms with Crippen molar-refractivity contribution in [2.45, 2.75) is 59.3 Å². The normalized spacial score (nSPS) is 12.6. The van der Waals surface area contributed by atoms with Crippen molar-refractivity contribution in [2.24, 2.45) is 5.92 Å². The topological polar surface area (TPSA) is 50.4 Å². The molecule has 0 saturated heterocycles. The van der Waals surface area contributed by atoms with E-state index >= 15 is 0 Å². The van der Waals surface area contributed by atoms with E-state index in [0.717, 1.165) is 24.2 Å². The molecule has 0 amide bonds. The van der Waals surface area contributed by atoms with Crippen LogP contribution in [-0.2, 0) is 24.1 Å². The lowest BCUT2D eigenvalue weighted by Crippen LogP contribution is -2.01. The van der Waals surface area contributed by atoms with Crippen LogP contribution >= 0.6 is 0 Å². The number of carboxylic acids is 1. The predicted octanol–water partition coefficient (Wildman–Crippen LogP) is 3.84. The van der Waals surface area contributed by atoms with Crippen LogP contribution in [0, 0.1) is 5.92 Å². The number of hydrogen-bond acceptors (Lipinski definition) is 2. The Morgan fingerprint density at radius 3 is 2.72 bits per heavy atom. The Morgan fingerprint density at radius 1 is 1.44 bits per heavy atom. The Kier molecular flexibility index (Phi) is 5.96. The van der Waals surface area contributed by atoms with Gasteiger partial charge in [-0.3, -0.25) is 4.79 Å². The van der Waals surface area contributed by atoms with Gasteiger partial charge in [0.1, 0.15) is 17.9 Å². The first-order valence-electron chi connectivity index (χ1n) is 6.89. The molecule has 3 heteroatoms. The van der Waals surface area contributed by atoms with Crippen molar-refractivity contribution in [1.29, 1.82) is 0 Å². The highest BCUT2D eigenvalue weighted by Gasteiger charge is 2.14. The summed E-state index contributed by atoms with van der Waals surface area (Å²) in [4.78, 5) is 10.7. The molecule has 1 heterocycles. The van der Waals surface area contributed by atoms with Crippen LogP contribution in [0.4, 0.5) is 0 Å². The first-order valence-corrected chi connectivity index (χ1v) is 6.89. The molecule has 0 radical (unpaired) electrons. The van der Waals surface area contributed by atoms with Gasteiger partial charge in [0.2, 0.25) is 0 Å². The first kappa shape index (κ1) is 14.8. The molecule has 0 fully saturated rings. The second kappa shape index (κ2) is 7.24. The standard InChI is InChI=1S/C15H24O3/c1-4-6-7-11(3)8-13-9-12(5-2)14(18-13)10-15(16)17/h9,11H,4-8,10H2,1-3H3,(H,16,17)/t11-/m0/s1. The lowest BCUT2D eigenvalue weighted by molar-refractivity contribution is -0.136. The van der Waals surface area contributed by atoms with E-state index in [1.54, 1.807) is 0 Å². The van der Waals surface area contributed by atoms with Crippen molar-refractivity contribution in [3.8, 4) is 0 Å². The van der Waals surface area contributed by atoms with Crippen LogP contribution in [0.15, 0.2) is 10.5 Å². The fourth-order valence-corrected chi connectivity index (χ4v) is 2.21. The SMILES string of the molecule is CCCC[C@H](C)Cc1cc(CC)c(CC(=O)O)o1. The van der Waals surface area contributed by atoms with Gasteiger partial charge in [0.25, 0.3) is 0 Å². The van der Waals surface area contributed by atoms with Crippen LogP contribution in [0.5, 0.6) is 0 Å². The Morgan fingerprint density at radius 2 is 2.17 bits per heavy atom. The van der Waals surface area contributed by atoms with Crippen molar-refractivity contribution in [1.82, 2.24) is 0 Å². The van der Waals surface area contributed by atoms with Crippen molar-refractivity contribution < 1.29 is 14.3 Å². The Hall–Kier alpha value is -1.25. The number of furan rings is 1. The van der Waals surface area contributed by atoms with Gasteiger partial charge in [0, 0.05) is 6.42 Å². The van der Waals surface area contributed by atoms with Crippen LogP contribution in [0.3, 0.4) is 0 Å². The maximum atomic E-state index is 10.7. The van der Waals surface area contributed by atoms with Gasteiger partial charge in [0.15, 0.2) is 0 Å². The zero-order valence-electron chi connectivity index (χ0n) is 11.7. The third kappa shape index (κ3) is 4.55. The summed E-state index contributed by atoms with van der Waals surface area (Å²) in [7, 11) is 0. The molecule has 3 nitrogen and oxygen atoms in total. The van der Waals surface area contributed by atoms with E-state index in [0.29, 0.717) is 11.7 Å². The van der Waals surface area contributed by atoms with Gasteiger partial charge in [-0.25, -0.2) is 0 Å². The average Bonchev–Trinajstić information content (AvgIpc) is 2.67.